The average Bonchev–Trinajstić information content (AvgIpc) is 2.79. The van der Waals surface area contributed by atoms with E-state index in [-0.39, 0.29) is 5.78 Å². The van der Waals surface area contributed by atoms with Gasteiger partial charge in [0.2, 0.25) is 0 Å². The fraction of sp³-hybridized carbons (Fsp3) is 0.250. The molecule has 0 bridgehead atoms. The van der Waals surface area contributed by atoms with E-state index in [0.717, 1.165) is 17.0 Å². The van der Waals surface area contributed by atoms with Gasteiger partial charge in [-0.3, -0.25) is 9.78 Å². The Bertz CT molecular complexity index is 495. The van der Waals surface area contributed by atoms with Crippen molar-refractivity contribution in [2.45, 2.75) is 12.8 Å². The summed E-state index contributed by atoms with van der Waals surface area (Å²) in [7, 11) is 0. The molecule has 2 aromatic heterocycles. The van der Waals surface area contributed by atoms with Crippen molar-refractivity contribution >= 4 is 17.1 Å². The number of nitrogens with zero attached hydrogens (tertiary/aromatic N) is 2. The zero-order chi connectivity index (χ0) is 12.1. The number of carbonyl (C=O) groups is 1. The highest BCUT2D eigenvalue weighted by atomic mass is 32.1. The molecule has 0 saturated heterocycles. The lowest BCUT2D eigenvalue weighted by Gasteiger charge is -1.97. The minimum atomic E-state index is 0.0255. The third-order valence-electron chi connectivity index (χ3n) is 2.28. The topological polar surface area (TPSA) is 68.9 Å². The van der Waals surface area contributed by atoms with Crippen molar-refractivity contribution in [1.29, 1.82) is 0 Å². The number of hydrogen-bond donors (Lipinski definition) is 1. The maximum atomic E-state index is 11.9. The summed E-state index contributed by atoms with van der Waals surface area (Å²) in [4.78, 5) is 20.2. The third kappa shape index (κ3) is 3.18. The highest BCUT2D eigenvalue weighted by molar-refractivity contribution is 7.09. The standard InChI is InChI=1S/C12H13N3OS/c13-4-3-12-15-10(8-17-12)11(16)6-9-2-1-5-14-7-9/h1-2,5,7-8H,3-4,6,13H2. The van der Waals surface area contributed by atoms with E-state index in [1.807, 2.05) is 12.1 Å². The van der Waals surface area contributed by atoms with Crippen molar-refractivity contribution in [3.05, 3.63) is 46.2 Å². The van der Waals surface area contributed by atoms with Crippen LogP contribution < -0.4 is 5.73 Å². The largest absolute Gasteiger partial charge is 0.330 e. The van der Waals surface area contributed by atoms with Crippen molar-refractivity contribution in [1.82, 2.24) is 9.97 Å². The second-order valence-corrected chi connectivity index (χ2v) is 4.57. The van der Waals surface area contributed by atoms with Crippen LogP contribution in [-0.2, 0) is 12.8 Å². The molecule has 0 aromatic carbocycles. The minimum absolute atomic E-state index is 0.0255. The zero-order valence-electron chi connectivity index (χ0n) is 9.30. The maximum absolute atomic E-state index is 11.9. The molecule has 0 fully saturated rings. The average molecular weight is 247 g/mol. The number of thiazole rings is 1. The van der Waals surface area contributed by atoms with Gasteiger partial charge < -0.3 is 5.73 Å². The van der Waals surface area contributed by atoms with E-state index >= 15 is 0 Å². The van der Waals surface area contributed by atoms with E-state index in [1.54, 1.807) is 17.8 Å². The van der Waals surface area contributed by atoms with Gasteiger partial charge in [0.05, 0.1) is 5.01 Å². The van der Waals surface area contributed by atoms with Crippen LogP contribution in [-0.4, -0.2) is 22.3 Å². The summed E-state index contributed by atoms with van der Waals surface area (Å²) in [6, 6.07) is 3.71. The van der Waals surface area contributed by atoms with Crippen molar-refractivity contribution in [2.24, 2.45) is 5.73 Å². The number of pyridine rings is 1. The quantitative estimate of drug-likeness (QED) is 0.812. The summed E-state index contributed by atoms with van der Waals surface area (Å²) in [6.07, 6.45) is 4.46. The Morgan fingerprint density at radius 1 is 1.47 bits per heavy atom. The van der Waals surface area contributed by atoms with Gasteiger partial charge in [-0.15, -0.1) is 11.3 Å². The van der Waals surface area contributed by atoms with Crippen LogP contribution in [0.2, 0.25) is 0 Å². The number of rotatable bonds is 5. The lowest BCUT2D eigenvalue weighted by molar-refractivity contribution is 0.0988. The normalized spacial score (nSPS) is 10.4. The Labute approximate surface area is 104 Å². The molecule has 2 heterocycles. The zero-order valence-corrected chi connectivity index (χ0v) is 10.1. The van der Waals surface area contributed by atoms with Gasteiger partial charge >= 0.3 is 0 Å². The molecule has 4 nitrogen and oxygen atoms in total. The van der Waals surface area contributed by atoms with Crippen LogP contribution in [0, 0.1) is 0 Å². The summed E-state index contributed by atoms with van der Waals surface area (Å²) >= 11 is 1.49. The number of nitrogens with two attached hydrogens (primary N) is 1. The van der Waals surface area contributed by atoms with Gasteiger partial charge in [-0.2, -0.15) is 0 Å². The molecule has 0 atom stereocenters. The first-order valence-corrected chi connectivity index (χ1v) is 6.24. The van der Waals surface area contributed by atoms with Crippen molar-refractivity contribution < 1.29 is 4.79 Å². The van der Waals surface area contributed by atoms with Crippen LogP contribution in [0.25, 0.3) is 0 Å². The molecule has 88 valence electrons. The predicted octanol–water partition coefficient (Wildman–Crippen LogP) is 1.46. The van der Waals surface area contributed by atoms with E-state index in [4.69, 9.17) is 5.73 Å². The van der Waals surface area contributed by atoms with Gasteiger partial charge in [0.15, 0.2) is 5.78 Å². The van der Waals surface area contributed by atoms with Gasteiger partial charge in [0.1, 0.15) is 5.69 Å². The Morgan fingerprint density at radius 2 is 2.35 bits per heavy atom. The van der Waals surface area contributed by atoms with Crippen molar-refractivity contribution in [3.8, 4) is 0 Å². The smallest absolute Gasteiger partial charge is 0.186 e. The number of carbonyl (C=O) groups excluding carboxylic acids is 1. The summed E-state index contributed by atoms with van der Waals surface area (Å²) < 4.78 is 0. The van der Waals surface area contributed by atoms with Crippen LogP contribution in [0.1, 0.15) is 21.1 Å². The van der Waals surface area contributed by atoms with E-state index in [0.29, 0.717) is 18.7 Å². The Kier molecular flexibility index (Phi) is 3.95. The SMILES string of the molecule is NCCc1nc(C(=O)Cc2cccnc2)cs1. The maximum Gasteiger partial charge on any atom is 0.186 e. The van der Waals surface area contributed by atoms with Crippen LogP contribution in [0.5, 0.6) is 0 Å². The molecule has 0 spiro atoms. The summed E-state index contributed by atoms with van der Waals surface area (Å²) in [5.74, 6) is 0.0255. The molecule has 0 amide bonds. The second kappa shape index (κ2) is 5.65. The number of hydrogen-bond acceptors (Lipinski definition) is 5. The Balaban J connectivity index is 2.04. The molecular formula is C12H13N3OS. The van der Waals surface area contributed by atoms with Gasteiger partial charge in [-0.25, -0.2) is 4.98 Å². The lowest BCUT2D eigenvalue weighted by atomic mass is 10.1. The Hall–Kier alpha value is -1.59. The molecule has 0 aliphatic carbocycles. The number of Topliss-reactive ketones (excluding diaryl/α,β-unsaturated/α-hetero) is 1. The summed E-state index contributed by atoms with van der Waals surface area (Å²) in [5, 5.41) is 2.71. The molecule has 2 aromatic rings. The molecule has 2 rings (SSSR count). The first-order valence-electron chi connectivity index (χ1n) is 5.36. The molecule has 0 saturated carbocycles. The second-order valence-electron chi connectivity index (χ2n) is 3.63. The van der Waals surface area contributed by atoms with Crippen LogP contribution in [0.4, 0.5) is 0 Å². The van der Waals surface area contributed by atoms with E-state index in [1.165, 1.54) is 11.3 Å². The lowest BCUT2D eigenvalue weighted by Crippen LogP contribution is -2.06. The molecule has 0 aliphatic rings. The molecule has 0 radical (unpaired) electrons. The van der Waals surface area contributed by atoms with Gasteiger partial charge in [0, 0.05) is 30.6 Å². The first kappa shape index (κ1) is 11.9. The predicted molar refractivity (Wildman–Crippen MR) is 67.1 cm³/mol. The van der Waals surface area contributed by atoms with Crippen LogP contribution >= 0.6 is 11.3 Å². The van der Waals surface area contributed by atoms with E-state index in [9.17, 15) is 4.79 Å². The molecule has 0 unspecified atom stereocenters. The molecule has 2 N–H and O–H groups in total. The third-order valence-corrected chi connectivity index (χ3v) is 3.19. The van der Waals surface area contributed by atoms with Crippen LogP contribution in [0.3, 0.4) is 0 Å². The number of aromatic nitrogens is 2. The highest BCUT2D eigenvalue weighted by Crippen LogP contribution is 2.12. The fourth-order valence-corrected chi connectivity index (χ4v) is 2.27. The number of ketones is 1. The Morgan fingerprint density at radius 3 is 3.06 bits per heavy atom. The molecular weight excluding hydrogens is 234 g/mol. The summed E-state index contributed by atoms with van der Waals surface area (Å²) in [5.41, 5.74) is 6.88. The van der Waals surface area contributed by atoms with Crippen molar-refractivity contribution in [3.63, 3.8) is 0 Å². The molecule has 5 heteroatoms. The van der Waals surface area contributed by atoms with Crippen LogP contribution in [0.15, 0.2) is 29.9 Å². The molecule has 17 heavy (non-hydrogen) atoms. The van der Waals surface area contributed by atoms with E-state index in [2.05, 4.69) is 9.97 Å². The minimum Gasteiger partial charge on any atom is -0.330 e. The molecule has 0 aliphatic heterocycles. The summed E-state index contributed by atoms with van der Waals surface area (Å²) in [6.45, 7) is 0.559. The first-order chi connectivity index (χ1) is 8.29. The van der Waals surface area contributed by atoms with E-state index < -0.39 is 0 Å². The van der Waals surface area contributed by atoms with Crippen molar-refractivity contribution in [2.75, 3.05) is 6.54 Å². The van der Waals surface area contributed by atoms with Gasteiger partial charge in [0.25, 0.3) is 0 Å². The van der Waals surface area contributed by atoms with Gasteiger partial charge in [-0.05, 0) is 18.2 Å². The highest BCUT2D eigenvalue weighted by Gasteiger charge is 2.11. The monoisotopic (exact) mass is 247 g/mol. The van der Waals surface area contributed by atoms with Gasteiger partial charge in [-0.1, -0.05) is 6.07 Å². The fourth-order valence-electron chi connectivity index (χ4n) is 1.46.